The molecular formula is C15H13N3O2S2. The van der Waals surface area contributed by atoms with Crippen molar-refractivity contribution in [3.63, 3.8) is 0 Å². The van der Waals surface area contributed by atoms with Crippen LogP contribution in [0.3, 0.4) is 0 Å². The van der Waals surface area contributed by atoms with Gasteiger partial charge in [-0.1, -0.05) is 30.0 Å². The SMILES string of the molecule is CS/C(=N\S(=O)(=O)c1ccccc1)Nc1ccc(C#N)cc1. The fourth-order valence-electron chi connectivity index (χ4n) is 1.62. The maximum Gasteiger partial charge on any atom is 0.284 e. The predicted octanol–water partition coefficient (Wildman–Crippen LogP) is 3.08. The molecule has 112 valence electrons. The van der Waals surface area contributed by atoms with E-state index in [0.717, 1.165) is 0 Å². The van der Waals surface area contributed by atoms with Gasteiger partial charge in [-0.25, -0.2) is 0 Å². The fourth-order valence-corrected chi connectivity index (χ4v) is 3.30. The maximum absolute atomic E-state index is 12.2. The summed E-state index contributed by atoms with van der Waals surface area (Å²) < 4.78 is 28.2. The molecule has 0 unspecified atom stereocenters. The third-order valence-electron chi connectivity index (χ3n) is 2.70. The van der Waals surface area contributed by atoms with E-state index in [9.17, 15) is 8.42 Å². The minimum Gasteiger partial charge on any atom is -0.334 e. The number of rotatable bonds is 3. The summed E-state index contributed by atoms with van der Waals surface area (Å²) in [6.45, 7) is 0. The summed E-state index contributed by atoms with van der Waals surface area (Å²) in [6.07, 6.45) is 1.73. The van der Waals surface area contributed by atoms with Gasteiger partial charge in [0.05, 0.1) is 16.5 Å². The first kappa shape index (κ1) is 16.1. The largest absolute Gasteiger partial charge is 0.334 e. The van der Waals surface area contributed by atoms with Crippen molar-refractivity contribution in [2.45, 2.75) is 4.90 Å². The molecule has 0 saturated carbocycles. The van der Waals surface area contributed by atoms with Crippen molar-refractivity contribution < 1.29 is 8.42 Å². The summed E-state index contributed by atoms with van der Waals surface area (Å²) in [4.78, 5) is 0.142. The van der Waals surface area contributed by atoms with Crippen LogP contribution < -0.4 is 5.32 Å². The molecule has 5 nitrogen and oxygen atoms in total. The first-order chi connectivity index (χ1) is 10.5. The molecule has 0 spiro atoms. The fraction of sp³-hybridized carbons (Fsp3) is 0.0667. The Kier molecular flexibility index (Phi) is 5.20. The lowest BCUT2D eigenvalue weighted by Gasteiger charge is -2.07. The van der Waals surface area contributed by atoms with E-state index in [1.54, 1.807) is 48.7 Å². The second-order valence-electron chi connectivity index (χ2n) is 4.20. The number of nitrogens with one attached hydrogen (secondary N) is 1. The normalized spacial score (nSPS) is 11.7. The lowest BCUT2D eigenvalue weighted by molar-refractivity contribution is 0.598. The highest BCUT2D eigenvalue weighted by Crippen LogP contribution is 2.16. The molecule has 0 aromatic heterocycles. The molecule has 7 heteroatoms. The third-order valence-corrected chi connectivity index (χ3v) is 4.69. The number of amidine groups is 1. The van der Waals surface area contributed by atoms with Gasteiger partial charge in [0.15, 0.2) is 5.17 Å². The molecule has 0 radical (unpaired) electrons. The molecule has 0 heterocycles. The highest BCUT2D eigenvalue weighted by atomic mass is 32.2. The van der Waals surface area contributed by atoms with Crippen molar-refractivity contribution in [1.29, 1.82) is 5.26 Å². The van der Waals surface area contributed by atoms with Crippen LogP contribution >= 0.6 is 11.8 Å². The average Bonchev–Trinajstić information content (AvgIpc) is 2.55. The molecule has 22 heavy (non-hydrogen) atoms. The zero-order valence-corrected chi connectivity index (χ0v) is 13.4. The monoisotopic (exact) mass is 331 g/mol. The Morgan fingerprint density at radius 3 is 2.32 bits per heavy atom. The Bertz CT molecular complexity index is 808. The molecular weight excluding hydrogens is 318 g/mol. The van der Waals surface area contributed by atoms with Crippen LogP contribution in [0, 0.1) is 11.3 Å². The molecule has 1 N–H and O–H groups in total. The van der Waals surface area contributed by atoms with E-state index in [2.05, 4.69) is 9.71 Å². The minimum absolute atomic E-state index is 0.142. The lowest BCUT2D eigenvalue weighted by Crippen LogP contribution is -2.11. The Morgan fingerprint density at radius 2 is 1.77 bits per heavy atom. The number of sulfonamides is 1. The number of anilines is 1. The minimum atomic E-state index is -3.75. The van der Waals surface area contributed by atoms with E-state index < -0.39 is 10.0 Å². The number of nitrogens with zero attached hydrogens (tertiary/aromatic N) is 2. The molecule has 0 aliphatic rings. The standard InChI is InChI=1S/C15H13N3O2S2/c1-21-15(17-13-9-7-12(11-16)8-10-13)18-22(19,20)14-5-3-2-4-6-14/h2-10H,1H3,(H,17,18). The van der Waals surface area contributed by atoms with Crippen LogP contribution in [0.4, 0.5) is 5.69 Å². The molecule has 0 bridgehead atoms. The van der Waals surface area contributed by atoms with Gasteiger partial charge < -0.3 is 5.32 Å². The van der Waals surface area contributed by atoms with E-state index in [0.29, 0.717) is 11.3 Å². The molecule has 2 aromatic rings. The summed E-state index contributed by atoms with van der Waals surface area (Å²) in [5.74, 6) is 0. The van der Waals surface area contributed by atoms with E-state index in [1.165, 1.54) is 23.9 Å². The Balaban J connectivity index is 2.25. The lowest BCUT2D eigenvalue weighted by atomic mass is 10.2. The van der Waals surface area contributed by atoms with E-state index in [-0.39, 0.29) is 10.1 Å². The van der Waals surface area contributed by atoms with Crippen molar-refractivity contribution >= 4 is 32.6 Å². The highest BCUT2D eigenvalue weighted by Gasteiger charge is 2.13. The number of thioether (sulfide) groups is 1. The van der Waals surface area contributed by atoms with Gasteiger partial charge in [0, 0.05) is 5.69 Å². The summed E-state index contributed by atoms with van der Waals surface area (Å²) in [5, 5.41) is 11.9. The van der Waals surface area contributed by atoms with Crippen molar-refractivity contribution in [2.24, 2.45) is 4.40 Å². The van der Waals surface area contributed by atoms with Crippen molar-refractivity contribution in [3.8, 4) is 6.07 Å². The molecule has 0 aliphatic carbocycles. The predicted molar refractivity (Wildman–Crippen MR) is 89.4 cm³/mol. The first-order valence-corrected chi connectivity index (χ1v) is 8.93. The maximum atomic E-state index is 12.2. The zero-order valence-electron chi connectivity index (χ0n) is 11.7. The van der Waals surface area contributed by atoms with Crippen molar-refractivity contribution in [1.82, 2.24) is 0 Å². The zero-order chi connectivity index (χ0) is 16.0. The van der Waals surface area contributed by atoms with E-state index in [4.69, 9.17) is 5.26 Å². The summed E-state index contributed by atoms with van der Waals surface area (Å²) >= 11 is 1.19. The van der Waals surface area contributed by atoms with Crippen LogP contribution in [0.1, 0.15) is 5.56 Å². The summed E-state index contributed by atoms with van der Waals surface area (Å²) in [5.41, 5.74) is 1.19. The molecule has 0 atom stereocenters. The smallest absolute Gasteiger partial charge is 0.284 e. The molecule has 0 saturated heterocycles. The van der Waals surface area contributed by atoms with Crippen LogP contribution in [0.2, 0.25) is 0 Å². The second-order valence-corrected chi connectivity index (χ2v) is 6.60. The number of benzene rings is 2. The topological polar surface area (TPSA) is 82.3 Å². The Morgan fingerprint density at radius 1 is 1.14 bits per heavy atom. The van der Waals surface area contributed by atoms with Crippen molar-refractivity contribution in [3.05, 3.63) is 60.2 Å². The molecule has 2 rings (SSSR count). The van der Waals surface area contributed by atoms with Crippen molar-refractivity contribution in [2.75, 3.05) is 11.6 Å². The van der Waals surface area contributed by atoms with E-state index in [1.807, 2.05) is 6.07 Å². The van der Waals surface area contributed by atoms with Crippen LogP contribution in [0.15, 0.2) is 63.9 Å². The Labute approximate surface area is 133 Å². The summed E-state index contributed by atoms with van der Waals surface area (Å²) in [6, 6.07) is 16.7. The number of hydrogen-bond acceptors (Lipinski definition) is 4. The molecule has 2 aromatic carbocycles. The van der Waals surface area contributed by atoms with Crippen LogP contribution in [-0.4, -0.2) is 19.8 Å². The first-order valence-electron chi connectivity index (χ1n) is 6.26. The van der Waals surface area contributed by atoms with Gasteiger partial charge in [-0.15, -0.1) is 4.40 Å². The van der Waals surface area contributed by atoms with Gasteiger partial charge in [0.2, 0.25) is 0 Å². The number of nitriles is 1. The molecule has 0 amide bonds. The van der Waals surface area contributed by atoms with Gasteiger partial charge in [0.1, 0.15) is 0 Å². The van der Waals surface area contributed by atoms with Gasteiger partial charge in [-0.05, 0) is 42.7 Å². The molecule has 0 fully saturated rings. The van der Waals surface area contributed by atoms with Crippen LogP contribution in [-0.2, 0) is 10.0 Å². The third kappa shape index (κ3) is 4.10. The Hall–Kier alpha value is -2.30. The quantitative estimate of drug-likeness (QED) is 0.690. The average molecular weight is 331 g/mol. The highest BCUT2D eigenvalue weighted by molar-refractivity contribution is 8.14. The van der Waals surface area contributed by atoms with E-state index >= 15 is 0 Å². The molecule has 0 aliphatic heterocycles. The van der Waals surface area contributed by atoms with Crippen LogP contribution in [0.5, 0.6) is 0 Å². The summed E-state index contributed by atoms with van der Waals surface area (Å²) in [7, 11) is -3.75. The number of hydrogen-bond donors (Lipinski definition) is 1. The van der Waals surface area contributed by atoms with Gasteiger partial charge in [-0.3, -0.25) is 0 Å². The van der Waals surface area contributed by atoms with Crippen LogP contribution in [0.25, 0.3) is 0 Å². The second kappa shape index (κ2) is 7.11. The van der Waals surface area contributed by atoms with Gasteiger partial charge in [-0.2, -0.15) is 13.7 Å². The van der Waals surface area contributed by atoms with Gasteiger partial charge in [0.25, 0.3) is 10.0 Å². The van der Waals surface area contributed by atoms with Gasteiger partial charge >= 0.3 is 0 Å².